The fourth-order valence-electron chi connectivity index (χ4n) is 3.50. The zero-order valence-electron chi connectivity index (χ0n) is 14.7. The number of aromatic nitrogens is 1. The van der Waals surface area contributed by atoms with Crippen LogP contribution in [0.15, 0.2) is 51.7 Å². The molecule has 6 nitrogen and oxygen atoms in total. The van der Waals surface area contributed by atoms with Crippen LogP contribution in [0.1, 0.15) is 5.56 Å². The van der Waals surface area contributed by atoms with E-state index in [9.17, 15) is 4.79 Å². The molecule has 0 atom stereocenters. The Morgan fingerprint density at radius 1 is 1.04 bits per heavy atom. The maximum absolute atomic E-state index is 12.6. The fourth-order valence-corrected chi connectivity index (χ4v) is 3.50. The van der Waals surface area contributed by atoms with Crippen LogP contribution in [0.25, 0.3) is 33.1 Å². The van der Waals surface area contributed by atoms with Gasteiger partial charge in [-0.05, 0) is 30.3 Å². The quantitative estimate of drug-likeness (QED) is 0.398. The molecule has 2 aromatic heterocycles. The van der Waals surface area contributed by atoms with Gasteiger partial charge in [-0.2, -0.15) is 0 Å². The molecule has 4 aromatic rings. The molecule has 0 radical (unpaired) electrons. The molecular formula is C21H15NO5. The fraction of sp³-hybridized carbons (Fsp3) is 0.143. The van der Waals surface area contributed by atoms with Crippen molar-refractivity contribution < 1.29 is 18.6 Å². The number of hydrogen-bond acceptors (Lipinski definition) is 6. The summed E-state index contributed by atoms with van der Waals surface area (Å²) in [6.45, 7) is 0.378. The Hall–Kier alpha value is -3.54. The van der Waals surface area contributed by atoms with Gasteiger partial charge >= 0.3 is 5.63 Å². The molecule has 1 aliphatic rings. The van der Waals surface area contributed by atoms with Crippen LogP contribution < -0.4 is 19.8 Å². The van der Waals surface area contributed by atoms with E-state index in [1.807, 2.05) is 36.4 Å². The number of methoxy groups -OCH3 is 2. The second-order valence-electron chi connectivity index (χ2n) is 6.27. The first-order valence-corrected chi connectivity index (χ1v) is 8.44. The van der Waals surface area contributed by atoms with Gasteiger partial charge in [0.2, 0.25) is 0 Å². The average molecular weight is 361 g/mol. The van der Waals surface area contributed by atoms with Crippen LogP contribution in [0.4, 0.5) is 0 Å². The molecular weight excluding hydrogens is 346 g/mol. The molecule has 0 saturated heterocycles. The van der Waals surface area contributed by atoms with E-state index in [-0.39, 0.29) is 5.52 Å². The van der Waals surface area contributed by atoms with Crippen molar-refractivity contribution in [3.63, 3.8) is 0 Å². The van der Waals surface area contributed by atoms with E-state index in [1.165, 1.54) is 0 Å². The third-order valence-corrected chi connectivity index (χ3v) is 4.80. The van der Waals surface area contributed by atoms with Gasteiger partial charge in [-0.15, -0.1) is 0 Å². The summed E-state index contributed by atoms with van der Waals surface area (Å²) >= 11 is 0. The van der Waals surface area contributed by atoms with Gasteiger partial charge in [-0.3, -0.25) is 0 Å². The largest absolute Gasteiger partial charge is 0.497 e. The summed E-state index contributed by atoms with van der Waals surface area (Å²) in [5.74, 6) is 1.92. The average Bonchev–Trinajstić information content (AvgIpc) is 2.72. The minimum absolute atomic E-state index is 0.283. The molecule has 0 bridgehead atoms. The molecule has 0 N–H and O–H groups in total. The summed E-state index contributed by atoms with van der Waals surface area (Å²) in [6.07, 6.45) is 0. The van der Waals surface area contributed by atoms with E-state index >= 15 is 0 Å². The first kappa shape index (κ1) is 15.7. The standard InChI is InChI=1S/C21H15NO5/c1-24-12-6-7-16-15(9-12)18-11(10-26-16)8-14-13-4-3-5-17(25-2)20(13)27-21(23)19(14)22-18/h3-9H,10H2,1-2H3. The van der Waals surface area contributed by atoms with Crippen LogP contribution >= 0.6 is 0 Å². The van der Waals surface area contributed by atoms with Gasteiger partial charge in [0.05, 0.1) is 19.9 Å². The van der Waals surface area contributed by atoms with Crippen LogP contribution in [0, 0.1) is 0 Å². The second-order valence-corrected chi connectivity index (χ2v) is 6.27. The first-order valence-electron chi connectivity index (χ1n) is 8.44. The number of nitrogens with zero attached hydrogens (tertiary/aromatic N) is 1. The van der Waals surface area contributed by atoms with Crippen LogP contribution in [-0.2, 0) is 6.61 Å². The van der Waals surface area contributed by atoms with Gasteiger partial charge in [0.25, 0.3) is 0 Å². The number of para-hydroxylation sites is 1. The summed E-state index contributed by atoms with van der Waals surface area (Å²) in [6, 6.07) is 13.0. The lowest BCUT2D eigenvalue weighted by Crippen LogP contribution is -2.11. The van der Waals surface area contributed by atoms with E-state index in [4.69, 9.17) is 18.6 Å². The molecule has 6 heteroatoms. The van der Waals surface area contributed by atoms with Crippen molar-refractivity contribution in [1.29, 1.82) is 0 Å². The van der Waals surface area contributed by atoms with Crippen molar-refractivity contribution in [1.82, 2.24) is 4.98 Å². The summed E-state index contributed by atoms with van der Waals surface area (Å²) < 4.78 is 22.0. The summed E-state index contributed by atoms with van der Waals surface area (Å²) in [5, 5.41) is 1.49. The first-order chi connectivity index (χ1) is 13.2. The zero-order valence-corrected chi connectivity index (χ0v) is 14.7. The SMILES string of the molecule is COc1ccc2c(c1)-c1nc3c(=O)oc4c(OC)cccc4c3cc1CO2. The predicted molar refractivity (Wildman–Crippen MR) is 101 cm³/mol. The lowest BCUT2D eigenvalue weighted by Gasteiger charge is -2.21. The summed E-state index contributed by atoms with van der Waals surface area (Å²) in [7, 11) is 3.15. The Kier molecular flexibility index (Phi) is 3.33. The monoisotopic (exact) mass is 361 g/mol. The number of hydrogen-bond donors (Lipinski definition) is 0. The van der Waals surface area contributed by atoms with Crippen molar-refractivity contribution in [3.05, 3.63) is 58.4 Å². The molecule has 2 aromatic carbocycles. The van der Waals surface area contributed by atoms with Gasteiger partial charge in [-0.25, -0.2) is 9.78 Å². The van der Waals surface area contributed by atoms with Crippen molar-refractivity contribution in [2.45, 2.75) is 6.61 Å². The maximum atomic E-state index is 12.6. The van der Waals surface area contributed by atoms with E-state index in [2.05, 4.69) is 4.98 Å². The number of benzene rings is 2. The van der Waals surface area contributed by atoms with E-state index in [0.717, 1.165) is 16.5 Å². The van der Waals surface area contributed by atoms with Crippen LogP contribution in [-0.4, -0.2) is 19.2 Å². The van der Waals surface area contributed by atoms with E-state index in [0.29, 0.717) is 40.5 Å². The van der Waals surface area contributed by atoms with E-state index < -0.39 is 5.63 Å². The van der Waals surface area contributed by atoms with Gasteiger partial charge < -0.3 is 18.6 Å². The second kappa shape index (κ2) is 5.74. The molecule has 27 heavy (non-hydrogen) atoms. The number of fused-ring (bicyclic) bond motifs is 6. The lowest BCUT2D eigenvalue weighted by atomic mass is 9.99. The number of ether oxygens (including phenoxy) is 3. The Morgan fingerprint density at radius 2 is 1.93 bits per heavy atom. The Bertz CT molecular complexity index is 1280. The molecule has 134 valence electrons. The molecule has 1 aliphatic heterocycles. The van der Waals surface area contributed by atoms with Crippen molar-refractivity contribution in [3.8, 4) is 28.5 Å². The highest BCUT2D eigenvalue weighted by Crippen LogP contribution is 2.40. The Morgan fingerprint density at radius 3 is 2.74 bits per heavy atom. The lowest BCUT2D eigenvalue weighted by molar-refractivity contribution is 0.301. The van der Waals surface area contributed by atoms with Crippen molar-refractivity contribution in [2.75, 3.05) is 14.2 Å². The predicted octanol–water partition coefficient (Wildman–Crippen LogP) is 3.92. The molecule has 0 unspecified atom stereocenters. The third kappa shape index (κ3) is 2.26. The van der Waals surface area contributed by atoms with Gasteiger partial charge in [0.1, 0.15) is 18.1 Å². The highest BCUT2D eigenvalue weighted by Gasteiger charge is 2.22. The topological polar surface area (TPSA) is 70.8 Å². The maximum Gasteiger partial charge on any atom is 0.363 e. The molecule has 0 amide bonds. The summed E-state index contributed by atoms with van der Waals surface area (Å²) in [4.78, 5) is 17.3. The molecule has 3 heterocycles. The number of rotatable bonds is 2. The molecule has 5 rings (SSSR count). The van der Waals surface area contributed by atoms with Gasteiger partial charge in [0.15, 0.2) is 16.8 Å². The molecule has 0 fully saturated rings. The third-order valence-electron chi connectivity index (χ3n) is 4.80. The minimum atomic E-state index is -0.499. The smallest absolute Gasteiger partial charge is 0.363 e. The van der Waals surface area contributed by atoms with Gasteiger partial charge in [-0.1, -0.05) is 12.1 Å². The Labute approximate surface area is 153 Å². The van der Waals surface area contributed by atoms with Crippen LogP contribution in [0.2, 0.25) is 0 Å². The van der Waals surface area contributed by atoms with Crippen molar-refractivity contribution in [2.24, 2.45) is 0 Å². The summed E-state index contributed by atoms with van der Waals surface area (Å²) in [5.41, 5.74) is 2.60. The van der Waals surface area contributed by atoms with Crippen molar-refractivity contribution >= 4 is 21.9 Å². The molecule has 0 spiro atoms. The minimum Gasteiger partial charge on any atom is -0.497 e. The highest BCUT2D eigenvalue weighted by molar-refractivity contribution is 6.05. The van der Waals surface area contributed by atoms with E-state index in [1.54, 1.807) is 20.3 Å². The van der Waals surface area contributed by atoms with Crippen LogP contribution in [0.3, 0.4) is 0 Å². The molecule has 0 aliphatic carbocycles. The molecule has 0 saturated carbocycles. The highest BCUT2D eigenvalue weighted by atomic mass is 16.5. The zero-order chi connectivity index (χ0) is 18.5. The van der Waals surface area contributed by atoms with Gasteiger partial charge in [0, 0.05) is 21.9 Å². The Balaban J connectivity index is 1.86. The number of pyridine rings is 1. The van der Waals surface area contributed by atoms with Crippen LogP contribution in [0.5, 0.6) is 17.2 Å². The normalized spacial score (nSPS) is 12.4.